The van der Waals surface area contributed by atoms with Gasteiger partial charge in [0.15, 0.2) is 0 Å². The minimum absolute atomic E-state index is 0.972. The number of fused-ring (bicyclic) bond motifs is 1. The van der Waals surface area contributed by atoms with Gasteiger partial charge in [-0.3, -0.25) is 0 Å². The molecule has 0 radical (unpaired) electrons. The van der Waals surface area contributed by atoms with Crippen LogP contribution >= 0.6 is 0 Å². The van der Waals surface area contributed by atoms with Crippen LogP contribution in [0.1, 0.15) is 24.0 Å². The normalized spacial score (nSPS) is 13.6. The van der Waals surface area contributed by atoms with Gasteiger partial charge in [-0.2, -0.15) is 0 Å². The Morgan fingerprint density at radius 1 is 0.682 bits per heavy atom. The quantitative estimate of drug-likeness (QED) is 0.544. The van der Waals surface area contributed by atoms with Crippen molar-refractivity contribution in [1.29, 1.82) is 0 Å². The SMILES string of the molecule is c1ccc(-c2cc3c(c(-c4ccccc4)[o+]2)CCCC3)cc1. The molecule has 0 fully saturated rings. The summed E-state index contributed by atoms with van der Waals surface area (Å²) >= 11 is 0. The van der Waals surface area contributed by atoms with E-state index in [1.807, 2.05) is 6.07 Å². The standard InChI is InChI=1S/C21H19O/c1-3-9-16(10-4-1)20-15-18-13-7-8-14-19(18)21(22-20)17-11-5-2-6-12-17/h1-6,9-12,15H,7-8,13-14H2/q+1. The van der Waals surface area contributed by atoms with Gasteiger partial charge in [0.05, 0.1) is 16.7 Å². The Hall–Kier alpha value is -2.41. The van der Waals surface area contributed by atoms with Crippen LogP contribution in [-0.4, -0.2) is 0 Å². The molecule has 0 saturated heterocycles. The second kappa shape index (κ2) is 5.76. The highest BCUT2D eigenvalue weighted by molar-refractivity contribution is 5.68. The van der Waals surface area contributed by atoms with Gasteiger partial charge in [0, 0.05) is 6.07 Å². The van der Waals surface area contributed by atoms with Crippen molar-refractivity contribution in [1.82, 2.24) is 0 Å². The van der Waals surface area contributed by atoms with Gasteiger partial charge in [0.1, 0.15) is 0 Å². The zero-order valence-electron chi connectivity index (χ0n) is 12.6. The highest BCUT2D eigenvalue weighted by Gasteiger charge is 2.27. The van der Waals surface area contributed by atoms with Crippen LogP contribution in [0.4, 0.5) is 0 Å². The van der Waals surface area contributed by atoms with Crippen LogP contribution in [0, 0.1) is 0 Å². The Labute approximate surface area is 131 Å². The van der Waals surface area contributed by atoms with Crippen LogP contribution in [0.3, 0.4) is 0 Å². The highest BCUT2D eigenvalue weighted by atomic mass is 16.3. The molecule has 0 aliphatic heterocycles. The van der Waals surface area contributed by atoms with E-state index in [-0.39, 0.29) is 0 Å². The Morgan fingerprint density at radius 2 is 1.32 bits per heavy atom. The molecule has 4 rings (SSSR count). The Morgan fingerprint density at radius 3 is 2.05 bits per heavy atom. The molecule has 1 aliphatic carbocycles. The van der Waals surface area contributed by atoms with Crippen molar-refractivity contribution in [2.24, 2.45) is 0 Å². The molecular weight excluding hydrogens is 268 g/mol. The summed E-state index contributed by atoms with van der Waals surface area (Å²) in [4.78, 5) is 0. The molecule has 1 heteroatoms. The van der Waals surface area contributed by atoms with E-state index in [9.17, 15) is 0 Å². The fourth-order valence-corrected chi connectivity index (χ4v) is 3.27. The number of aryl methyl sites for hydroxylation is 1. The summed E-state index contributed by atoms with van der Waals surface area (Å²) in [6, 6.07) is 23.1. The molecule has 0 saturated carbocycles. The van der Waals surface area contributed by atoms with Crippen molar-refractivity contribution in [2.75, 3.05) is 0 Å². The third-order valence-corrected chi connectivity index (χ3v) is 4.40. The molecule has 22 heavy (non-hydrogen) atoms. The monoisotopic (exact) mass is 287 g/mol. The average Bonchev–Trinajstić information content (AvgIpc) is 2.62. The van der Waals surface area contributed by atoms with Gasteiger partial charge in [-0.25, -0.2) is 4.42 Å². The van der Waals surface area contributed by atoms with Crippen molar-refractivity contribution in [3.8, 4) is 22.6 Å². The van der Waals surface area contributed by atoms with E-state index < -0.39 is 0 Å². The molecule has 0 N–H and O–H groups in total. The molecule has 0 spiro atoms. The number of benzene rings is 2. The smallest absolute Gasteiger partial charge is 0.207 e. The summed E-state index contributed by atoms with van der Waals surface area (Å²) in [7, 11) is 0. The van der Waals surface area contributed by atoms with Crippen molar-refractivity contribution in [3.05, 3.63) is 77.9 Å². The number of hydrogen-bond donors (Lipinski definition) is 0. The predicted octanol–water partition coefficient (Wildman–Crippen LogP) is 5.77. The van der Waals surface area contributed by atoms with Crippen molar-refractivity contribution in [3.63, 3.8) is 0 Å². The summed E-state index contributed by atoms with van der Waals surface area (Å²) in [5.41, 5.74) is 5.18. The molecule has 1 aromatic heterocycles. The van der Waals surface area contributed by atoms with Crippen molar-refractivity contribution < 1.29 is 4.42 Å². The fraction of sp³-hybridized carbons (Fsp3) is 0.190. The van der Waals surface area contributed by atoms with Crippen LogP contribution in [-0.2, 0) is 12.8 Å². The minimum atomic E-state index is 0.972. The Kier molecular flexibility index (Phi) is 3.48. The molecule has 1 heterocycles. The van der Waals surface area contributed by atoms with Gasteiger partial charge in [-0.1, -0.05) is 36.4 Å². The number of rotatable bonds is 2. The first-order valence-corrected chi connectivity index (χ1v) is 8.01. The maximum atomic E-state index is 6.35. The average molecular weight is 287 g/mol. The highest BCUT2D eigenvalue weighted by Crippen LogP contribution is 2.36. The topological polar surface area (TPSA) is 11.3 Å². The molecule has 0 atom stereocenters. The molecule has 0 amide bonds. The first-order chi connectivity index (χ1) is 10.9. The van der Waals surface area contributed by atoms with Gasteiger partial charge in [0.2, 0.25) is 0 Å². The molecule has 0 bridgehead atoms. The van der Waals surface area contributed by atoms with E-state index in [1.54, 1.807) is 0 Å². The summed E-state index contributed by atoms with van der Waals surface area (Å²) in [6.45, 7) is 0. The van der Waals surface area contributed by atoms with E-state index in [0.717, 1.165) is 29.9 Å². The van der Waals surface area contributed by atoms with Gasteiger partial charge in [-0.15, -0.1) is 0 Å². The van der Waals surface area contributed by atoms with Gasteiger partial charge >= 0.3 is 11.5 Å². The third-order valence-electron chi connectivity index (χ3n) is 4.40. The molecule has 1 aliphatic rings. The van der Waals surface area contributed by atoms with E-state index >= 15 is 0 Å². The van der Waals surface area contributed by atoms with Crippen LogP contribution in [0.15, 0.2) is 71.1 Å². The van der Waals surface area contributed by atoms with Gasteiger partial charge < -0.3 is 0 Å². The first-order valence-electron chi connectivity index (χ1n) is 8.01. The first kappa shape index (κ1) is 13.3. The zero-order chi connectivity index (χ0) is 14.8. The van der Waals surface area contributed by atoms with E-state index in [2.05, 4.69) is 60.7 Å². The maximum Gasteiger partial charge on any atom is 0.364 e. The lowest BCUT2D eigenvalue weighted by atomic mass is 9.89. The molecule has 2 aromatic carbocycles. The van der Waals surface area contributed by atoms with Crippen molar-refractivity contribution >= 4 is 0 Å². The third kappa shape index (κ3) is 2.43. The predicted molar refractivity (Wildman–Crippen MR) is 90.6 cm³/mol. The van der Waals surface area contributed by atoms with Gasteiger partial charge in [0.25, 0.3) is 0 Å². The molecular formula is C21H19O+. The fourth-order valence-electron chi connectivity index (χ4n) is 3.27. The lowest BCUT2D eigenvalue weighted by Gasteiger charge is -2.14. The lowest BCUT2D eigenvalue weighted by Crippen LogP contribution is -2.05. The molecule has 0 unspecified atom stereocenters. The summed E-state index contributed by atoms with van der Waals surface area (Å²) < 4.78 is 6.35. The van der Waals surface area contributed by atoms with E-state index in [4.69, 9.17) is 4.42 Å². The Balaban J connectivity index is 1.92. The summed E-state index contributed by atoms with van der Waals surface area (Å²) in [5.74, 6) is 2.02. The molecule has 3 aromatic rings. The van der Waals surface area contributed by atoms with Gasteiger partial charge in [-0.05, 0) is 55.5 Å². The van der Waals surface area contributed by atoms with E-state index in [0.29, 0.717) is 0 Å². The van der Waals surface area contributed by atoms with Crippen LogP contribution < -0.4 is 0 Å². The van der Waals surface area contributed by atoms with E-state index in [1.165, 1.54) is 29.5 Å². The van der Waals surface area contributed by atoms with Crippen molar-refractivity contribution in [2.45, 2.75) is 25.7 Å². The van der Waals surface area contributed by atoms with Crippen LogP contribution in [0.2, 0.25) is 0 Å². The second-order valence-electron chi connectivity index (χ2n) is 5.88. The summed E-state index contributed by atoms with van der Waals surface area (Å²) in [6.07, 6.45) is 4.82. The maximum absolute atomic E-state index is 6.35. The molecule has 1 nitrogen and oxygen atoms in total. The zero-order valence-corrected chi connectivity index (χ0v) is 12.6. The lowest BCUT2D eigenvalue weighted by molar-refractivity contribution is 0.556. The van der Waals surface area contributed by atoms with Crippen LogP contribution in [0.25, 0.3) is 22.6 Å². The molecule has 108 valence electrons. The van der Waals surface area contributed by atoms with Crippen LogP contribution in [0.5, 0.6) is 0 Å². The minimum Gasteiger partial charge on any atom is -0.207 e. The Bertz CT molecular complexity index is 776. The number of hydrogen-bond acceptors (Lipinski definition) is 0. The summed E-state index contributed by atoms with van der Waals surface area (Å²) in [5, 5.41) is 0. The second-order valence-corrected chi connectivity index (χ2v) is 5.88. The largest absolute Gasteiger partial charge is 0.364 e.